The van der Waals surface area contributed by atoms with E-state index in [0.717, 1.165) is 19.0 Å². The second-order valence-corrected chi connectivity index (χ2v) is 6.68. The molecule has 3 rings (SSSR count). The van der Waals surface area contributed by atoms with Gasteiger partial charge in [-0.3, -0.25) is 19.7 Å². The van der Waals surface area contributed by atoms with Gasteiger partial charge in [0.25, 0.3) is 0 Å². The fraction of sp³-hybridized carbons (Fsp3) is 0.611. The molecule has 1 unspecified atom stereocenters. The SMILES string of the molecule is CN=C(NCC(=O)Nc1cccnc1)N1CCC(N2CCCCC2)C1.I. The van der Waals surface area contributed by atoms with Crippen molar-refractivity contribution in [3.8, 4) is 0 Å². The summed E-state index contributed by atoms with van der Waals surface area (Å²) < 4.78 is 0. The van der Waals surface area contributed by atoms with Crippen LogP contribution in [0.2, 0.25) is 0 Å². The smallest absolute Gasteiger partial charge is 0.243 e. The van der Waals surface area contributed by atoms with E-state index in [9.17, 15) is 4.79 Å². The molecule has 8 heteroatoms. The highest BCUT2D eigenvalue weighted by Gasteiger charge is 2.30. The molecule has 0 aromatic carbocycles. The lowest BCUT2D eigenvalue weighted by atomic mass is 10.1. The molecule has 0 bridgehead atoms. The van der Waals surface area contributed by atoms with Gasteiger partial charge in [-0.05, 0) is 44.5 Å². The molecule has 3 heterocycles. The summed E-state index contributed by atoms with van der Waals surface area (Å²) in [6.07, 6.45) is 8.49. The zero-order chi connectivity index (χ0) is 17.5. The van der Waals surface area contributed by atoms with Crippen LogP contribution < -0.4 is 10.6 Å². The van der Waals surface area contributed by atoms with Crippen LogP contribution in [0.1, 0.15) is 25.7 Å². The number of hydrogen-bond donors (Lipinski definition) is 2. The van der Waals surface area contributed by atoms with Crippen LogP contribution in [0, 0.1) is 0 Å². The van der Waals surface area contributed by atoms with Gasteiger partial charge in [0.05, 0.1) is 18.4 Å². The van der Waals surface area contributed by atoms with Crippen LogP contribution in [0.25, 0.3) is 0 Å². The number of pyridine rings is 1. The Morgan fingerprint density at radius 2 is 2.12 bits per heavy atom. The van der Waals surface area contributed by atoms with Gasteiger partial charge in [0.2, 0.25) is 5.91 Å². The average Bonchev–Trinajstić information content (AvgIpc) is 3.14. The molecule has 2 saturated heterocycles. The Bertz CT molecular complexity index is 591. The van der Waals surface area contributed by atoms with Gasteiger partial charge in [-0.2, -0.15) is 0 Å². The minimum absolute atomic E-state index is 0. The summed E-state index contributed by atoms with van der Waals surface area (Å²) in [6.45, 7) is 4.62. The number of nitrogens with zero attached hydrogens (tertiary/aromatic N) is 4. The number of guanidine groups is 1. The van der Waals surface area contributed by atoms with Crippen molar-refractivity contribution in [1.82, 2.24) is 20.1 Å². The number of piperidine rings is 1. The maximum absolute atomic E-state index is 12.1. The monoisotopic (exact) mass is 472 g/mol. The molecule has 7 nitrogen and oxygen atoms in total. The van der Waals surface area contributed by atoms with Crippen LogP contribution in [-0.4, -0.2) is 72.5 Å². The number of nitrogens with one attached hydrogen (secondary N) is 2. The van der Waals surface area contributed by atoms with Gasteiger partial charge in [-0.15, -0.1) is 24.0 Å². The van der Waals surface area contributed by atoms with Gasteiger partial charge >= 0.3 is 0 Å². The van der Waals surface area contributed by atoms with Crippen molar-refractivity contribution < 1.29 is 4.79 Å². The molecule has 1 atom stereocenters. The Kier molecular flexibility index (Phi) is 8.56. The molecule has 1 aromatic rings. The average molecular weight is 472 g/mol. The fourth-order valence-electron chi connectivity index (χ4n) is 3.65. The largest absolute Gasteiger partial charge is 0.347 e. The molecular weight excluding hydrogens is 443 g/mol. The lowest BCUT2D eigenvalue weighted by Crippen LogP contribution is -2.46. The van der Waals surface area contributed by atoms with Crippen LogP contribution in [0.5, 0.6) is 0 Å². The number of amides is 1. The van der Waals surface area contributed by atoms with Crippen molar-refractivity contribution in [1.29, 1.82) is 0 Å². The zero-order valence-electron chi connectivity index (χ0n) is 15.4. The van der Waals surface area contributed by atoms with Crippen molar-refractivity contribution in [3.05, 3.63) is 24.5 Å². The third kappa shape index (κ3) is 5.80. The minimum atomic E-state index is -0.0964. The molecule has 0 aliphatic carbocycles. The van der Waals surface area contributed by atoms with Gasteiger partial charge in [-0.25, -0.2) is 0 Å². The second-order valence-electron chi connectivity index (χ2n) is 6.68. The molecule has 0 saturated carbocycles. The van der Waals surface area contributed by atoms with Crippen LogP contribution in [-0.2, 0) is 4.79 Å². The molecule has 144 valence electrons. The topological polar surface area (TPSA) is 72.9 Å². The normalized spacial score (nSPS) is 21.2. The van der Waals surface area contributed by atoms with Crippen molar-refractivity contribution >= 4 is 41.5 Å². The minimum Gasteiger partial charge on any atom is -0.347 e. The number of anilines is 1. The van der Waals surface area contributed by atoms with E-state index in [0.29, 0.717) is 11.7 Å². The molecule has 2 fully saturated rings. The Labute approximate surface area is 172 Å². The summed E-state index contributed by atoms with van der Waals surface area (Å²) in [5.41, 5.74) is 0.704. The summed E-state index contributed by atoms with van der Waals surface area (Å²) in [6, 6.07) is 4.24. The third-order valence-electron chi connectivity index (χ3n) is 4.93. The molecule has 0 spiro atoms. The third-order valence-corrected chi connectivity index (χ3v) is 4.93. The predicted octanol–water partition coefficient (Wildman–Crippen LogP) is 1.77. The maximum Gasteiger partial charge on any atom is 0.243 e. The maximum atomic E-state index is 12.1. The summed E-state index contributed by atoms with van der Waals surface area (Å²) in [5, 5.41) is 6.01. The number of carbonyl (C=O) groups is 1. The number of aliphatic imine (C=N–C) groups is 1. The van der Waals surface area contributed by atoms with Gasteiger partial charge in [0.1, 0.15) is 0 Å². The van der Waals surface area contributed by atoms with Crippen LogP contribution in [0.15, 0.2) is 29.5 Å². The van der Waals surface area contributed by atoms with E-state index in [1.807, 2.05) is 6.07 Å². The number of hydrogen-bond acceptors (Lipinski definition) is 4. The van der Waals surface area contributed by atoms with Crippen molar-refractivity contribution in [2.75, 3.05) is 45.1 Å². The summed E-state index contributed by atoms with van der Waals surface area (Å²) in [7, 11) is 1.77. The first-order chi connectivity index (χ1) is 12.3. The lowest BCUT2D eigenvalue weighted by Gasteiger charge is -2.32. The highest BCUT2D eigenvalue weighted by Crippen LogP contribution is 2.20. The number of aromatic nitrogens is 1. The van der Waals surface area contributed by atoms with Crippen LogP contribution >= 0.6 is 24.0 Å². The fourth-order valence-corrected chi connectivity index (χ4v) is 3.65. The molecule has 2 aliphatic heterocycles. The van der Waals surface area contributed by atoms with Crippen molar-refractivity contribution in [2.45, 2.75) is 31.7 Å². The van der Waals surface area contributed by atoms with E-state index < -0.39 is 0 Å². The summed E-state index contributed by atoms with van der Waals surface area (Å²) in [4.78, 5) is 25.3. The van der Waals surface area contributed by atoms with E-state index in [2.05, 4.69) is 30.4 Å². The van der Waals surface area contributed by atoms with E-state index in [1.165, 1.54) is 38.8 Å². The van der Waals surface area contributed by atoms with Gasteiger partial charge < -0.3 is 15.5 Å². The number of likely N-dealkylation sites (tertiary alicyclic amines) is 2. The van der Waals surface area contributed by atoms with E-state index in [-0.39, 0.29) is 36.4 Å². The number of halogens is 1. The van der Waals surface area contributed by atoms with Crippen LogP contribution in [0.4, 0.5) is 5.69 Å². The molecular formula is C18H29IN6O. The van der Waals surface area contributed by atoms with Crippen molar-refractivity contribution in [3.63, 3.8) is 0 Å². The molecule has 0 radical (unpaired) electrons. The molecule has 2 aliphatic rings. The highest BCUT2D eigenvalue weighted by molar-refractivity contribution is 14.0. The van der Waals surface area contributed by atoms with Gasteiger partial charge in [-0.1, -0.05) is 6.42 Å². The van der Waals surface area contributed by atoms with E-state index in [1.54, 1.807) is 25.5 Å². The molecule has 1 aromatic heterocycles. The summed E-state index contributed by atoms with van der Waals surface area (Å²) in [5.74, 6) is 0.710. The quantitative estimate of drug-likeness (QED) is 0.397. The first-order valence-corrected chi connectivity index (χ1v) is 9.16. The second kappa shape index (κ2) is 10.7. The molecule has 26 heavy (non-hydrogen) atoms. The first-order valence-electron chi connectivity index (χ1n) is 9.16. The van der Waals surface area contributed by atoms with Crippen molar-refractivity contribution in [2.24, 2.45) is 4.99 Å². The van der Waals surface area contributed by atoms with Gasteiger partial charge in [0, 0.05) is 32.4 Å². The lowest BCUT2D eigenvalue weighted by molar-refractivity contribution is -0.115. The molecule has 1 amide bonds. The Hall–Kier alpha value is -1.42. The van der Waals surface area contributed by atoms with Crippen LogP contribution in [0.3, 0.4) is 0 Å². The number of carbonyl (C=O) groups excluding carboxylic acids is 1. The molecule has 2 N–H and O–H groups in total. The standard InChI is InChI=1S/C18H28N6O.HI/c1-19-18(21-13-17(25)22-15-6-5-8-20-12-15)24-11-7-16(14-24)23-9-3-2-4-10-23;/h5-6,8,12,16H,2-4,7,9-11,13-14H2,1H3,(H,19,21)(H,22,25);1H. The highest BCUT2D eigenvalue weighted by atomic mass is 127. The summed E-state index contributed by atoms with van der Waals surface area (Å²) >= 11 is 0. The first kappa shape index (κ1) is 20.9. The Morgan fingerprint density at radius 3 is 2.81 bits per heavy atom. The zero-order valence-corrected chi connectivity index (χ0v) is 17.7. The predicted molar refractivity (Wildman–Crippen MR) is 115 cm³/mol. The number of rotatable bonds is 4. The van der Waals surface area contributed by atoms with E-state index in [4.69, 9.17) is 0 Å². The van der Waals surface area contributed by atoms with E-state index >= 15 is 0 Å². The van der Waals surface area contributed by atoms with Gasteiger partial charge in [0.15, 0.2) is 5.96 Å². The Morgan fingerprint density at radius 1 is 1.31 bits per heavy atom. The Balaban J connectivity index is 0.00000243.